The molecule has 0 radical (unpaired) electrons. The number of hydrogen-bond acceptors (Lipinski definition) is 5. The number of nitrogens with zero attached hydrogens (tertiary/aromatic N) is 4. The van der Waals surface area contributed by atoms with Crippen LogP contribution in [-0.4, -0.2) is 37.1 Å². The van der Waals surface area contributed by atoms with E-state index in [1.54, 1.807) is 0 Å². The lowest BCUT2D eigenvalue weighted by Gasteiger charge is -2.32. The van der Waals surface area contributed by atoms with Crippen molar-refractivity contribution < 1.29 is 14.3 Å². The smallest absolute Gasteiger partial charge is 0.193 e. The second kappa shape index (κ2) is 11.3. The van der Waals surface area contributed by atoms with Crippen molar-refractivity contribution in [2.24, 2.45) is 0 Å². The number of imidazole rings is 2. The Morgan fingerprint density at radius 2 is 1.05 bits per heavy atom. The molecule has 2 aromatic heterocycles. The topological polar surface area (TPSA) is 71.2 Å². The van der Waals surface area contributed by atoms with Gasteiger partial charge in [-0.2, -0.15) is 0 Å². The standard InChI is InChI=1S/C31H34N4O3/c36-31(23-9-13-25(14-10-23)37-29-7-3-1-5-27(29)34-19-17-32-21-34)24-11-15-26(16-12-24)38-30-8-4-2-6-28(30)35-20-18-33-22-35/h9-22,27-30H,1-8H2/t27-,28-,29-,30-/m1/s1. The van der Waals surface area contributed by atoms with Gasteiger partial charge in [-0.1, -0.05) is 12.8 Å². The molecule has 0 N–H and O–H groups in total. The highest BCUT2D eigenvalue weighted by molar-refractivity contribution is 6.09. The maximum Gasteiger partial charge on any atom is 0.193 e. The average Bonchev–Trinajstić information content (AvgIpc) is 3.70. The number of hydrogen-bond donors (Lipinski definition) is 0. The van der Waals surface area contributed by atoms with E-state index in [4.69, 9.17) is 9.47 Å². The molecule has 0 aliphatic heterocycles. The Morgan fingerprint density at radius 3 is 1.45 bits per heavy atom. The van der Waals surface area contributed by atoms with E-state index < -0.39 is 0 Å². The molecule has 2 aliphatic carbocycles. The minimum Gasteiger partial charge on any atom is -0.488 e. The Balaban J connectivity index is 1.09. The van der Waals surface area contributed by atoms with Gasteiger partial charge in [0.15, 0.2) is 5.78 Å². The number of carbonyl (C=O) groups is 1. The number of ketones is 1. The van der Waals surface area contributed by atoms with Crippen LogP contribution in [0, 0.1) is 0 Å². The quantitative estimate of drug-likeness (QED) is 0.255. The molecule has 4 aromatic rings. The van der Waals surface area contributed by atoms with Gasteiger partial charge in [-0.25, -0.2) is 9.97 Å². The second-order valence-corrected chi connectivity index (χ2v) is 10.4. The van der Waals surface area contributed by atoms with Crippen molar-refractivity contribution in [2.75, 3.05) is 0 Å². The largest absolute Gasteiger partial charge is 0.488 e. The molecular formula is C31H34N4O3. The molecule has 0 spiro atoms. The summed E-state index contributed by atoms with van der Waals surface area (Å²) in [5.74, 6) is 1.58. The van der Waals surface area contributed by atoms with Crippen molar-refractivity contribution in [3.05, 3.63) is 97.1 Å². The summed E-state index contributed by atoms with van der Waals surface area (Å²) in [5, 5.41) is 0. The summed E-state index contributed by atoms with van der Waals surface area (Å²) >= 11 is 0. The first kappa shape index (κ1) is 24.5. The van der Waals surface area contributed by atoms with Crippen LogP contribution in [0.4, 0.5) is 0 Å². The van der Waals surface area contributed by atoms with E-state index in [0.717, 1.165) is 50.0 Å². The Bertz CT molecular complexity index is 1200. The van der Waals surface area contributed by atoms with Crippen molar-refractivity contribution in [1.29, 1.82) is 0 Å². The van der Waals surface area contributed by atoms with E-state index in [1.165, 1.54) is 12.8 Å². The van der Waals surface area contributed by atoms with Gasteiger partial charge in [-0.05, 0) is 87.1 Å². The summed E-state index contributed by atoms with van der Waals surface area (Å²) in [6, 6.07) is 15.6. The Labute approximate surface area is 223 Å². The van der Waals surface area contributed by atoms with Gasteiger partial charge in [0.1, 0.15) is 23.7 Å². The molecule has 2 saturated carbocycles. The predicted octanol–water partition coefficient (Wildman–Crippen LogP) is 6.44. The van der Waals surface area contributed by atoms with Crippen LogP contribution in [0.25, 0.3) is 0 Å². The predicted molar refractivity (Wildman–Crippen MR) is 145 cm³/mol. The SMILES string of the molecule is O=C(c1ccc(O[C@@H]2CCCC[C@H]2n2ccnc2)cc1)c1ccc(O[C@@H]2CCCC[C@H]2n2ccnc2)cc1. The summed E-state index contributed by atoms with van der Waals surface area (Å²) < 4.78 is 17.1. The molecule has 0 saturated heterocycles. The van der Waals surface area contributed by atoms with E-state index in [2.05, 4.69) is 19.1 Å². The lowest BCUT2D eigenvalue weighted by atomic mass is 9.92. The van der Waals surface area contributed by atoms with Gasteiger partial charge in [0.25, 0.3) is 0 Å². The third-order valence-electron chi connectivity index (χ3n) is 7.96. The molecular weight excluding hydrogens is 476 g/mol. The van der Waals surface area contributed by atoms with Gasteiger partial charge < -0.3 is 18.6 Å². The van der Waals surface area contributed by atoms with Crippen molar-refractivity contribution in [3.8, 4) is 11.5 Å². The summed E-state index contributed by atoms with van der Waals surface area (Å²) in [6.07, 6.45) is 20.5. The normalized spacial score (nSPS) is 23.6. The van der Waals surface area contributed by atoms with Crippen LogP contribution in [0.5, 0.6) is 11.5 Å². The molecule has 0 bridgehead atoms. The molecule has 2 heterocycles. The van der Waals surface area contributed by atoms with Gasteiger partial charge >= 0.3 is 0 Å². The molecule has 6 rings (SSSR count). The van der Waals surface area contributed by atoms with Gasteiger partial charge in [0.05, 0.1) is 24.7 Å². The maximum absolute atomic E-state index is 13.2. The van der Waals surface area contributed by atoms with Crippen LogP contribution in [0.15, 0.2) is 86.0 Å². The Morgan fingerprint density at radius 1 is 0.632 bits per heavy atom. The number of carbonyl (C=O) groups excluding carboxylic acids is 1. The molecule has 4 atom stereocenters. The van der Waals surface area contributed by atoms with E-state index in [9.17, 15) is 4.79 Å². The van der Waals surface area contributed by atoms with Crippen LogP contribution in [0.1, 0.15) is 79.4 Å². The Kier molecular flexibility index (Phi) is 7.25. The Hall–Kier alpha value is -3.87. The van der Waals surface area contributed by atoms with E-state index in [1.807, 2.05) is 86.0 Å². The number of rotatable bonds is 8. The van der Waals surface area contributed by atoms with Crippen LogP contribution >= 0.6 is 0 Å². The van der Waals surface area contributed by atoms with Gasteiger partial charge in [0, 0.05) is 35.9 Å². The van der Waals surface area contributed by atoms with Crippen LogP contribution in [0.3, 0.4) is 0 Å². The fourth-order valence-electron chi connectivity index (χ4n) is 5.93. The highest BCUT2D eigenvalue weighted by Gasteiger charge is 2.29. The summed E-state index contributed by atoms with van der Waals surface area (Å²) in [6.45, 7) is 0. The first-order valence-electron chi connectivity index (χ1n) is 13.8. The van der Waals surface area contributed by atoms with Crippen molar-refractivity contribution >= 4 is 5.78 Å². The first-order chi connectivity index (χ1) is 18.7. The third kappa shape index (κ3) is 5.37. The minimum absolute atomic E-state index is 0.00832. The molecule has 2 aliphatic rings. The first-order valence-corrected chi connectivity index (χ1v) is 13.8. The van der Waals surface area contributed by atoms with Crippen LogP contribution in [0.2, 0.25) is 0 Å². The highest BCUT2D eigenvalue weighted by atomic mass is 16.5. The van der Waals surface area contributed by atoms with Gasteiger partial charge in [0.2, 0.25) is 0 Å². The van der Waals surface area contributed by atoms with Gasteiger partial charge in [-0.15, -0.1) is 0 Å². The van der Waals surface area contributed by atoms with Crippen molar-refractivity contribution in [2.45, 2.75) is 75.7 Å². The lowest BCUT2D eigenvalue weighted by molar-refractivity contribution is 0.0976. The summed E-state index contributed by atoms with van der Waals surface area (Å²) in [7, 11) is 0. The molecule has 0 unspecified atom stereocenters. The molecule has 0 amide bonds. The summed E-state index contributed by atoms with van der Waals surface area (Å²) in [5.41, 5.74) is 1.29. The monoisotopic (exact) mass is 510 g/mol. The zero-order valence-electron chi connectivity index (χ0n) is 21.6. The minimum atomic E-state index is -0.00832. The molecule has 196 valence electrons. The number of benzene rings is 2. The zero-order chi connectivity index (χ0) is 25.7. The number of ether oxygens (including phenoxy) is 2. The van der Waals surface area contributed by atoms with E-state index >= 15 is 0 Å². The second-order valence-electron chi connectivity index (χ2n) is 10.4. The highest BCUT2D eigenvalue weighted by Crippen LogP contribution is 2.33. The number of aromatic nitrogens is 4. The molecule has 2 fully saturated rings. The molecule has 38 heavy (non-hydrogen) atoms. The molecule has 7 nitrogen and oxygen atoms in total. The van der Waals surface area contributed by atoms with Gasteiger partial charge in [-0.3, -0.25) is 4.79 Å². The van der Waals surface area contributed by atoms with E-state index in [0.29, 0.717) is 11.1 Å². The zero-order valence-corrected chi connectivity index (χ0v) is 21.6. The molecule has 7 heteroatoms. The van der Waals surface area contributed by atoms with Crippen LogP contribution in [-0.2, 0) is 0 Å². The fraction of sp³-hybridized carbons (Fsp3) is 0.387. The average molecular weight is 511 g/mol. The van der Waals surface area contributed by atoms with Crippen molar-refractivity contribution in [3.63, 3.8) is 0 Å². The third-order valence-corrected chi connectivity index (χ3v) is 7.96. The maximum atomic E-state index is 13.2. The lowest BCUT2D eigenvalue weighted by Crippen LogP contribution is -2.32. The van der Waals surface area contributed by atoms with Crippen molar-refractivity contribution in [1.82, 2.24) is 19.1 Å². The van der Waals surface area contributed by atoms with E-state index in [-0.39, 0.29) is 30.1 Å². The molecule has 2 aromatic carbocycles. The fourth-order valence-corrected chi connectivity index (χ4v) is 5.93. The van der Waals surface area contributed by atoms with Crippen LogP contribution < -0.4 is 9.47 Å². The summed E-state index contributed by atoms with van der Waals surface area (Å²) in [4.78, 5) is 21.6.